The molecule has 0 radical (unpaired) electrons. The Balaban J connectivity index is 2.17. The van der Waals surface area contributed by atoms with E-state index in [4.69, 9.17) is 0 Å². The van der Waals surface area contributed by atoms with Crippen LogP contribution in [0.2, 0.25) is 0 Å². The Morgan fingerprint density at radius 3 is 2.74 bits per heavy atom. The van der Waals surface area contributed by atoms with Gasteiger partial charge in [-0.3, -0.25) is 0 Å². The van der Waals surface area contributed by atoms with E-state index in [1.165, 1.54) is 0 Å². The lowest BCUT2D eigenvalue weighted by molar-refractivity contribution is 0.356. The first-order chi connectivity index (χ1) is 9.06. The molecule has 6 nitrogen and oxygen atoms in total. The third kappa shape index (κ3) is 3.64. The molecule has 0 spiro atoms. The molecule has 19 heavy (non-hydrogen) atoms. The Morgan fingerprint density at radius 1 is 1.26 bits per heavy atom. The maximum absolute atomic E-state index is 4.32. The summed E-state index contributed by atoms with van der Waals surface area (Å²) in [5.74, 6) is 1.46. The minimum atomic E-state index is 0.358. The van der Waals surface area contributed by atoms with Crippen LogP contribution in [0.5, 0.6) is 0 Å². The topological polar surface area (TPSA) is 69.7 Å². The number of rotatable bonds is 6. The highest BCUT2D eigenvalue weighted by Gasteiger charge is 2.15. The molecule has 1 unspecified atom stereocenters. The van der Waals surface area contributed by atoms with Crippen LogP contribution < -0.4 is 5.32 Å². The summed E-state index contributed by atoms with van der Waals surface area (Å²) < 4.78 is 0. The molecular formula is C13H22N6. The molecule has 0 saturated carbocycles. The number of hydrogen-bond acceptors (Lipinski definition) is 5. The molecule has 2 rings (SSSR count). The van der Waals surface area contributed by atoms with E-state index in [1.54, 1.807) is 12.7 Å². The smallest absolute Gasteiger partial charge is 0.182 e. The molecule has 6 heteroatoms. The first-order valence-corrected chi connectivity index (χ1v) is 6.61. The van der Waals surface area contributed by atoms with E-state index in [0.717, 1.165) is 24.3 Å². The summed E-state index contributed by atoms with van der Waals surface area (Å²) in [5, 5.41) is 3.51. The van der Waals surface area contributed by atoms with Crippen LogP contribution in [0.4, 0.5) is 5.82 Å². The van der Waals surface area contributed by atoms with Gasteiger partial charge >= 0.3 is 0 Å². The van der Waals surface area contributed by atoms with Crippen LogP contribution in [0.3, 0.4) is 0 Å². The fraction of sp³-hybridized carbons (Fsp3) is 0.615. The summed E-state index contributed by atoms with van der Waals surface area (Å²) in [4.78, 5) is 17.9. The molecule has 0 fully saturated rings. The predicted molar refractivity (Wildman–Crippen MR) is 77.1 cm³/mol. The van der Waals surface area contributed by atoms with Crippen molar-refractivity contribution in [2.45, 2.75) is 26.3 Å². The zero-order chi connectivity index (χ0) is 13.8. The first kappa shape index (κ1) is 13.7. The van der Waals surface area contributed by atoms with Crippen molar-refractivity contribution < 1.29 is 0 Å². The van der Waals surface area contributed by atoms with Crippen molar-refractivity contribution in [2.24, 2.45) is 5.92 Å². The summed E-state index contributed by atoms with van der Waals surface area (Å²) in [6.45, 7) is 5.43. The summed E-state index contributed by atoms with van der Waals surface area (Å²) in [5.41, 5.74) is 1.57. The van der Waals surface area contributed by atoms with Gasteiger partial charge in [-0.25, -0.2) is 15.0 Å². The summed E-state index contributed by atoms with van der Waals surface area (Å²) in [7, 11) is 4.17. The second kappa shape index (κ2) is 5.97. The fourth-order valence-electron chi connectivity index (χ4n) is 2.26. The highest BCUT2D eigenvalue weighted by Crippen LogP contribution is 2.17. The van der Waals surface area contributed by atoms with E-state index in [1.807, 2.05) is 0 Å². The van der Waals surface area contributed by atoms with E-state index in [2.05, 4.69) is 58.1 Å². The van der Waals surface area contributed by atoms with Gasteiger partial charge in [-0.15, -0.1) is 0 Å². The third-order valence-electron chi connectivity index (χ3n) is 2.91. The maximum atomic E-state index is 4.32. The second-order valence-electron chi connectivity index (χ2n) is 5.56. The van der Waals surface area contributed by atoms with E-state index < -0.39 is 0 Å². The van der Waals surface area contributed by atoms with Crippen LogP contribution in [-0.2, 0) is 0 Å². The summed E-state index contributed by atoms with van der Waals surface area (Å²) >= 11 is 0. The molecule has 0 bridgehead atoms. The van der Waals surface area contributed by atoms with Gasteiger partial charge in [-0.2, -0.15) is 0 Å². The van der Waals surface area contributed by atoms with Crippen molar-refractivity contribution in [3.8, 4) is 0 Å². The van der Waals surface area contributed by atoms with Gasteiger partial charge in [0.05, 0.1) is 6.33 Å². The number of hydrogen-bond donors (Lipinski definition) is 2. The maximum Gasteiger partial charge on any atom is 0.182 e. The molecule has 2 aromatic rings. The normalized spacial score (nSPS) is 13.4. The number of aromatic amines is 1. The van der Waals surface area contributed by atoms with Gasteiger partial charge in [0.25, 0.3) is 0 Å². The number of likely N-dealkylation sites (N-methyl/N-ethyl adjacent to an activating group) is 1. The van der Waals surface area contributed by atoms with Crippen LogP contribution >= 0.6 is 0 Å². The third-order valence-corrected chi connectivity index (χ3v) is 2.91. The molecule has 2 heterocycles. The highest BCUT2D eigenvalue weighted by atomic mass is 15.1. The van der Waals surface area contributed by atoms with Gasteiger partial charge in [0, 0.05) is 12.6 Å². The Kier molecular flexibility index (Phi) is 4.31. The van der Waals surface area contributed by atoms with Crippen molar-refractivity contribution in [3.05, 3.63) is 12.7 Å². The van der Waals surface area contributed by atoms with Crippen LogP contribution in [0.25, 0.3) is 11.2 Å². The lowest BCUT2D eigenvalue weighted by Gasteiger charge is -2.24. The molecule has 1 atom stereocenters. The van der Waals surface area contributed by atoms with Crippen molar-refractivity contribution in [3.63, 3.8) is 0 Å². The Bertz CT molecular complexity index is 509. The average Bonchev–Trinajstić information content (AvgIpc) is 2.76. The van der Waals surface area contributed by atoms with Crippen LogP contribution in [0, 0.1) is 5.92 Å². The molecular weight excluding hydrogens is 240 g/mol. The van der Waals surface area contributed by atoms with Crippen LogP contribution in [0.15, 0.2) is 12.7 Å². The molecule has 0 aromatic carbocycles. The fourth-order valence-corrected chi connectivity index (χ4v) is 2.26. The molecule has 0 aliphatic rings. The Morgan fingerprint density at radius 2 is 2.05 bits per heavy atom. The van der Waals surface area contributed by atoms with E-state index in [0.29, 0.717) is 17.6 Å². The van der Waals surface area contributed by atoms with Gasteiger partial charge in [0.15, 0.2) is 11.5 Å². The first-order valence-electron chi connectivity index (χ1n) is 6.61. The van der Waals surface area contributed by atoms with Crippen LogP contribution in [0.1, 0.15) is 20.3 Å². The number of H-pyrrole nitrogens is 1. The van der Waals surface area contributed by atoms with Gasteiger partial charge < -0.3 is 15.2 Å². The van der Waals surface area contributed by atoms with Gasteiger partial charge in [-0.05, 0) is 26.4 Å². The number of nitrogens with zero attached hydrogens (tertiary/aromatic N) is 4. The standard InChI is InChI=1S/C13H22N6/c1-9(2)5-10(6-19(3)4)18-13-11-12(15-7-14-11)16-8-17-13/h7-10H,5-6H2,1-4H3,(H2,14,15,16,17,18). The number of imidazole rings is 1. The van der Waals surface area contributed by atoms with Crippen molar-refractivity contribution in [2.75, 3.05) is 26.0 Å². The molecule has 104 valence electrons. The summed E-state index contributed by atoms with van der Waals surface area (Å²) in [6, 6.07) is 0.358. The lowest BCUT2D eigenvalue weighted by atomic mass is 10.0. The minimum Gasteiger partial charge on any atom is -0.364 e. The molecule has 0 amide bonds. The minimum absolute atomic E-state index is 0.358. The summed E-state index contributed by atoms with van der Waals surface area (Å²) in [6.07, 6.45) is 4.29. The molecule has 2 aromatic heterocycles. The van der Waals surface area contributed by atoms with E-state index in [-0.39, 0.29) is 0 Å². The van der Waals surface area contributed by atoms with Crippen LogP contribution in [-0.4, -0.2) is 51.5 Å². The highest BCUT2D eigenvalue weighted by molar-refractivity contribution is 5.82. The lowest BCUT2D eigenvalue weighted by Crippen LogP contribution is -2.33. The zero-order valence-corrected chi connectivity index (χ0v) is 12.0. The number of aromatic nitrogens is 4. The number of anilines is 1. The van der Waals surface area contributed by atoms with Gasteiger partial charge in [0.2, 0.25) is 0 Å². The molecule has 0 aliphatic heterocycles. The molecule has 0 saturated heterocycles. The van der Waals surface area contributed by atoms with Gasteiger partial charge in [0.1, 0.15) is 11.8 Å². The number of nitrogens with one attached hydrogen (secondary N) is 2. The largest absolute Gasteiger partial charge is 0.364 e. The molecule has 2 N–H and O–H groups in total. The van der Waals surface area contributed by atoms with Crippen molar-refractivity contribution in [1.29, 1.82) is 0 Å². The van der Waals surface area contributed by atoms with Gasteiger partial charge in [-0.1, -0.05) is 13.8 Å². The SMILES string of the molecule is CC(C)CC(CN(C)C)Nc1ncnc2nc[nH]c12. The van der Waals surface area contributed by atoms with Crippen molar-refractivity contribution >= 4 is 17.0 Å². The zero-order valence-electron chi connectivity index (χ0n) is 12.0. The monoisotopic (exact) mass is 262 g/mol. The predicted octanol–water partition coefficient (Wildman–Crippen LogP) is 1.74. The van der Waals surface area contributed by atoms with Crippen molar-refractivity contribution in [1.82, 2.24) is 24.8 Å². The quantitative estimate of drug-likeness (QED) is 0.830. The molecule has 0 aliphatic carbocycles. The average molecular weight is 262 g/mol. The van der Waals surface area contributed by atoms with E-state index >= 15 is 0 Å². The second-order valence-corrected chi connectivity index (χ2v) is 5.56. The Hall–Kier alpha value is -1.69. The van der Waals surface area contributed by atoms with E-state index in [9.17, 15) is 0 Å². The Labute approximate surface area is 113 Å². The number of fused-ring (bicyclic) bond motifs is 1.